The Hall–Kier alpha value is -4.01. The molecule has 4 rings (SSSR count). The van der Waals surface area contributed by atoms with E-state index in [4.69, 9.17) is 0 Å². The number of fused-ring (bicyclic) bond motifs is 5. The molecule has 3 aromatic rings. The van der Waals surface area contributed by atoms with Crippen LogP contribution in [-0.2, 0) is 22.6 Å². The first-order chi connectivity index (χ1) is 15.0. The van der Waals surface area contributed by atoms with E-state index in [2.05, 4.69) is 26.1 Å². The summed E-state index contributed by atoms with van der Waals surface area (Å²) in [6.07, 6.45) is 2.23. The monoisotopic (exact) mass is 418 g/mol. The van der Waals surface area contributed by atoms with E-state index in [9.17, 15) is 14.4 Å². The Morgan fingerprint density at radius 2 is 1.87 bits per heavy atom. The first-order valence-electron chi connectivity index (χ1n) is 9.97. The molecule has 3 amide bonds. The van der Waals surface area contributed by atoms with Crippen molar-refractivity contribution in [2.75, 3.05) is 5.32 Å². The normalized spacial score (nSPS) is 17.5. The highest BCUT2D eigenvalue weighted by atomic mass is 16.2. The quantitative estimate of drug-likeness (QED) is 0.512. The van der Waals surface area contributed by atoms with Crippen LogP contribution in [0.25, 0.3) is 5.69 Å². The highest BCUT2D eigenvalue weighted by Gasteiger charge is 2.19. The van der Waals surface area contributed by atoms with Crippen LogP contribution in [0.15, 0.2) is 54.9 Å². The number of nitrogens with zero attached hydrogens (tertiary/aromatic N) is 3. The topological polar surface area (TPSA) is 118 Å². The van der Waals surface area contributed by atoms with Crippen LogP contribution in [0, 0.1) is 0 Å². The van der Waals surface area contributed by atoms with Crippen LogP contribution in [0.5, 0.6) is 0 Å². The number of hydrogen-bond donors (Lipinski definition) is 3. The van der Waals surface area contributed by atoms with Gasteiger partial charge in [0.15, 0.2) is 5.82 Å². The third kappa shape index (κ3) is 4.61. The summed E-state index contributed by atoms with van der Waals surface area (Å²) in [4.78, 5) is 37.8. The van der Waals surface area contributed by atoms with Crippen molar-refractivity contribution in [3.05, 3.63) is 71.8 Å². The van der Waals surface area contributed by atoms with Crippen LogP contribution in [-0.4, -0.2) is 38.5 Å². The first kappa shape index (κ1) is 20.3. The van der Waals surface area contributed by atoms with E-state index >= 15 is 0 Å². The molecule has 3 N–H and O–H groups in total. The molecule has 9 nitrogen and oxygen atoms in total. The minimum atomic E-state index is -0.756. The summed E-state index contributed by atoms with van der Waals surface area (Å²) in [5.41, 5.74) is 2.53. The van der Waals surface area contributed by atoms with Gasteiger partial charge in [-0.3, -0.25) is 19.0 Å². The van der Waals surface area contributed by atoms with Gasteiger partial charge in [-0.25, -0.2) is 0 Å². The average Bonchev–Trinajstić information content (AvgIpc) is 3.25. The smallest absolute Gasteiger partial charge is 0.251 e. The summed E-state index contributed by atoms with van der Waals surface area (Å²) in [5.74, 6) is -0.309. The molecule has 0 unspecified atom stereocenters. The van der Waals surface area contributed by atoms with E-state index in [0.29, 0.717) is 29.2 Å². The molecule has 0 saturated carbocycles. The molecule has 0 spiro atoms. The van der Waals surface area contributed by atoms with E-state index in [1.54, 1.807) is 35.8 Å². The van der Waals surface area contributed by atoms with Gasteiger partial charge in [0, 0.05) is 23.4 Å². The Morgan fingerprint density at radius 1 is 1.03 bits per heavy atom. The molecule has 0 radical (unpaired) electrons. The fourth-order valence-corrected chi connectivity index (χ4v) is 3.35. The maximum absolute atomic E-state index is 12.7. The van der Waals surface area contributed by atoms with Gasteiger partial charge in [0.05, 0.1) is 6.54 Å². The van der Waals surface area contributed by atoms with Gasteiger partial charge in [0.2, 0.25) is 11.8 Å². The largest absolute Gasteiger partial charge is 0.349 e. The molecule has 2 aromatic carbocycles. The second-order valence-corrected chi connectivity index (χ2v) is 7.29. The van der Waals surface area contributed by atoms with Crippen molar-refractivity contribution in [3.8, 4) is 5.69 Å². The van der Waals surface area contributed by atoms with E-state index in [-0.39, 0.29) is 30.7 Å². The number of anilines is 1. The van der Waals surface area contributed by atoms with Gasteiger partial charge in [0.1, 0.15) is 12.4 Å². The molecule has 0 fully saturated rings. The van der Waals surface area contributed by atoms with E-state index in [1.165, 1.54) is 6.33 Å². The van der Waals surface area contributed by atoms with E-state index in [0.717, 1.165) is 5.56 Å². The molecule has 31 heavy (non-hydrogen) atoms. The summed E-state index contributed by atoms with van der Waals surface area (Å²) in [6.45, 7) is 1.82. The fraction of sp³-hybridized carbons (Fsp3) is 0.227. The van der Waals surface area contributed by atoms with Gasteiger partial charge in [0.25, 0.3) is 5.91 Å². The Labute approximate surface area is 178 Å². The van der Waals surface area contributed by atoms with Crippen molar-refractivity contribution in [2.24, 2.45) is 0 Å². The van der Waals surface area contributed by atoms with Gasteiger partial charge in [-0.05, 0) is 43.2 Å². The Morgan fingerprint density at radius 3 is 2.74 bits per heavy atom. The van der Waals surface area contributed by atoms with Gasteiger partial charge < -0.3 is 16.0 Å². The van der Waals surface area contributed by atoms with Gasteiger partial charge >= 0.3 is 0 Å². The molecule has 1 aliphatic rings. The highest BCUT2D eigenvalue weighted by Crippen LogP contribution is 2.18. The summed E-state index contributed by atoms with van der Waals surface area (Å²) >= 11 is 0. The molecule has 0 aliphatic carbocycles. The van der Waals surface area contributed by atoms with Crippen molar-refractivity contribution < 1.29 is 14.4 Å². The SMILES string of the molecule is C[C@@H]1NC(=O)c2cccc(c2)-n2cnnc2CNC(=O)CCc2ccccc2NC1=O. The third-order valence-corrected chi connectivity index (χ3v) is 5.09. The van der Waals surface area contributed by atoms with Crippen molar-refractivity contribution in [1.29, 1.82) is 0 Å². The number of aromatic nitrogens is 3. The summed E-state index contributed by atoms with van der Waals surface area (Å²) < 4.78 is 1.71. The molecule has 2 bridgehead atoms. The van der Waals surface area contributed by atoms with Crippen LogP contribution in [0.1, 0.15) is 35.1 Å². The van der Waals surface area contributed by atoms with Crippen molar-refractivity contribution in [3.63, 3.8) is 0 Å². The molecular weight excluding hydrogens is 396 g/mol. The zero-order chi connectivity index (χ0) is 21.8. The lowest BCUT2D eigenvalue weighted by atomic mass is 10.1. The van der Waals surface area contributed by atoms with Crippen molar-refractivity contribution >= 4 is 23.4 Å². The summed E-state index contributed by atoms with van der Waals surface area (Å²) in [7, 11) is 0. The summed E-state index contributed by atoms with van der Waals surface area (Å²) in [5, 5.41) is 16.4. The number of carbonyl (C=O) groups is 3. The first-order valence-corrected chi connectivity index (χ1v) is 9.97. The van der Waals surface area contributed by atoms with Crippen molar-refractivity contribution in [2.45, 2.75) is 32.4 Å². The number of hydrogen-bond acceptors (Lipinski definition) is 5. The number of carbonyl (C=O) groups excluding carboxylic acids is 3. The number of para-hydroxylation sites is 1. The molecule has 1 aliphatic heterocycles. The number of amides is 3. The maximum Gasteiger partial charge on any atom is 0.251 e. The number of benzene rings is 2. The molecule has 1 aromatic heterocycles. The minimum absolute atomic E-state index is 0.140. The zero-order valence-electron chi connectivity index (χ0n) is 17.0. The van der Waals surface area contributed by atoms with Crippen LogP contribution in [0.2, 0.25) is 0 Å². The van der Waals surface area contributed by atoms with Gasteiger partial charge in [-0.1, -0.05) is 24.3 Å². The number of rotatable bonds is 0. The average molecular weight is 418 g/mol. The standard InChI is InChI=1S/C22H22N6O3/c1-14-21(30)26-18-8-3-2-5-15(18)9-10-20(29)23-12-19-27-24-13-28(19)17-7-4-6-16(11-17)22(31)25-14/h2-8,11,13-14H,9-10,12H2,1H3,(H,23,29)(H,25,31)(H,26,30)/t14-/m0/s1. The number of nitrogens with one attached hydrogen (secondary N) is 3. The maximum atomic E-state index is 12.7. The van der Waals surface area contributed by atoms with Crippen LogP contribution < -0.4 is 16.0 Å². The van der Waals surface area contributed by atoms with Crippen molar-refractivity contribution in [1.82, 2.24) is 25.4 Å². The molecule has 158 valence electrons. The van der Waals surface area contributed by atoms with Crippen LogP contribution >= 0.6 is 0 Å². The predicted octanol–water partition coefficient (Wildman–Crippen LogP) is 1.59. The Kier molecular flexibility index (Phi) is 5.74. The minimum Gasteiger partial charge on any atom is -0.349 e. The van der Waals surface area contributed by atoms with E-state index in [1.807, 2.05) is 24.3 Å². The molecular formula is C22H22N6O3. The predicted molar refractivity (Wildman–Crippen MR) is 114 cm³/mol. The molecule has 0 saturated heterocycles. The highest BCUT2D eigenvalue weighted by molar-refractivity contribution is 6.01. The third-order valence-electron chi connectivity index (χ3n) is 5.09. The summed E-state index contributed by atoms with van der Waals surface area (Å²) in [6, 6.07) is 13.4. The fourth-order valence-electron chi connectivity index (χ4n) is 3.35. The molecule has 9 heteroatoms. The van der Waals surface area contributed by atoms with Gasteiger partial charge in [-0.2, -0.15) is 0 Å². The molecule has 1 atom stereocenters. The van der Waals surface area contributed by atoms with E-state index < -0.39 is 6.04 Å². The second kappa shape index (κ2) is 8.78. The lowest BCUT2D eigenvalue weighted by Crippen LogP contribution is -2.41. The Bertz CT molecular complexity index is 1140. The zero-order valence-corrected chi connectivity index (χ0v) is 17.0. The van der Waals surface area contributed by atoms with Crippen LogP contribution in [0.4, 0.5) is 5.69 Å². The molecule has 2 heterocycles. The van der Waals surface area contributed by atoms with Gasteiger partial charge in [-0.15, -0.1) is 10.2 Å². The Balaban J connectivity index is 1.68. The number of aryl methyl sites for hydroxylation is 1. The lowest BCUT2D eigenvalue weighted by molar-refractivity contribution is -0.121. The van der Waals surface area contributed by atoms with Crippen LogP contribution in [0.3, 0.4) is 0 Å². The second-order valence-electron chi connectivity index (χ2n) is 7.29. The lowest BCUT2D eigenvalue weighted by Gasteiger charge is -2.16.